The van der Waals surface area contributed by atoms with Gasteiger partial charge in [-0.2, -0.15) is 0 Å². The molecule has 0 aliphatic carbocycles. The molecule has 0 radical (unpaired) electrons. The van der Waals surface area contributed by atoms with E-state index in [1.807, 2.05) is 24.3 Å². The summed E-state index contributed by atoms with van der Waals surface area (Å²) in [5, 5.41) is 7.28. The fourth-order valence-electron chi connectivity index (χ4n) is 2.34. The summed E-state index contributed by atoms with van der Waals surface area (Å²) in [6.45, 7) is 0.543. The summed E-state index contributed by atoms with van der Waals surface area (Å²) < 4.78 is 0. The molecule has 0 fully saturated rings. The summed E-state index contributed by atoms with van der Waals surface area (Å²) in [5.74, 6) is 0. The predicted molar refractivity (Wildman–Crippen MR) is 99.7 cm³/mol. The van der Waals surface area contributed by atoms with Crippen molar-refractivity contribution in [3.8, 4) is 0 Å². The molecule has 0 unspecified atom stereocenters. The van der Waals surface area contributed by atoms with E-state index in [0.717, 1.165) is 12.0 Å². The number of hydrogen-bond donors (Lipinski definition) is 2. The number of nitrogens with one attached hydrogen (secondary N) is 2. The quantitative estimate of drug-likeness (QED) is 0.652. The van der Waals surface area contributed by atoms with Gasteiger partial charge in [0.1, 0.15) is 11.4 Å². The van der Waals surface area contributed by atoms with Crippen LogP contribution in [0.25, 0.3) is 0 Å². The molecule has 3 aromatic carbocycles. The highest BCUT2D eigenvalue weighted by Crippen LogP contribution is 2.22. The third-order valence-corrected chi connectivity index (χ3v) is 4.16. The Hall–Kier alpha value is -2.30. The maximum absolute atomic E-state index is 11.8. The Bertz CT molecular complexity index is 912. The van der Waals surface area contributed by atoms with Gasteiger partial charge in [-0.15, -0.1) is 0 Å². The first-order valence-corrected chi connectivity index (χ1v) is 8.14. The van der Waals surface area contributed by atoms with E-state index in [0.29, 0.717) is 33.7 Å². The van der Waals surface area contributed by atoms with Crippen molar-refractivity contribution in [1.29, 1.82) is 0 Å². The molecule has 0 aliphatic rings. The number of halogens is 2. The van der Waals surface area contributed by atoms with Gasteiger partial charge in [0.05, 0.1) is 0 Å². The molecule has 3 rings (SSSR count). The van der Waals surface area contributed by atoms with Gasteiger partial charge in [0.2, 0.25) is 0 Å². The highest BCUT2D eigenvalue weighted by molar-refractivity contribution is 6.30. The van der Waals surface area contributed by atoms with Crippen LogP contribution in [0, 0.1) is 0 Å². The van der Waals surface area contributed by atoms with E-state index in [1.165, 1.54) is 0 Å². The zero-order chi connectivity index (χ0) is 17.1. The second-order valence-electron chi connectivity index (χ2n) is 5.34. The first-order valence-electron chi connectivity index (χ1n) is 7.39. The zero-order valence-electron chi connectivity index (χ0n) is 12.6. The largest absolute Gasteiger partial charge is 0.380 e. The fraction of sp³-hybridized carbons (Fsp3) is 0.111. The maximum atomic E-state index is 11.8. The van der Waals surface area contributed by atoms with Crippen LogP contribution in [0.5, 0.6) is 0 Å². The van der Waals surface area contributed by atoms with Gasteiger partial charge in [-0.1, -0.05) is 35.3 Å². The van der Waals surface area contributed by atoms with E-state index < -0.39 is 10.9 Å². The third-order valence-electron chi connectivity index (χ3n) is 3.65. The Kier molecular flexibility index (Phi) is 4.88. The molecule has 2 N–H and O–H groups in total. The Morgan fingerprint density at radius 1 is 0.750 bits per heavy atom. The van der Waals surface area contributed by atoms with Crippen molar-refractivity contribution >= 4 is 40.3 Å². The molecule has 0 aromatic heterocycles. The summed E-state index contributed by atoms with van der Waals surface area (Å²) in [7, 11) is 0. The van der Waals surface area contributed by atoms with Crippen molar-refractivity contribution in [2.75, 3.05) is 17.2 Å². The highest BCUT2D eigenvalue weighted by atomic mass is 35.5. The lowest BCUT2D eigenvalue weighted by molar-refractivity contribution is 1.01. The topological polar surface area (TPSA) is 58.2 Å². The van der Waals surface area contributed by atoms with Crippen molar-refractivity contribution in [2.24, 2.45) is 0 Å². The lowest BCUT2D eigenvalue weighted by Gasteiger charge is -2.15. The normalized spacial score (nSPS) is 10.8. The van der Waals surface area contributed by atoms with Crippen LogP contribution in [0.2, 0.25) is 10.0 Å². The van der Waals surface area contributed by atoms with E-state index in [9.17, 15) is 9.59 Å². The first-order chi connectivity index (χ1) is 11.5. The van der Waals surface area contributed by atoms with Gasteiger partial charge >= 0.3 is 0 Å². The molecular formula is C18H14Cl2N2O2. The van der Waals surface area contributed by atoms with Gasteiger partial charge in [-0.05, 0) is 48.4 Å². The average Bonchev–Trinajstić information content (AvgIpc) is 2.60. The first kappa shape index (κ1) is 16.6. The predicted octanol–water partition coefficient (Wildman–Crippen LogP) is 3.99. The summed E-state index contributed by atoms with van der Waals surface area (Å²) in [6.07, 6.45) is 0.719. The fourth-order valence-corrected chi connectivity index (χ4v) is 2.59. The minimum Gasteiger partial charge on any atom is -0.380 e. The highest BCUT2D eigenvalue weighted by Gasteiger charge is 2.20. The van der Waals surface area contributed by atoms with Gasteiger partial charge in [0.25, 0.3) is 10.9 Å². The molecule has 0 aliphatic heterocycles. The Morgan fingerprint density at radius 2 is 1.29 bits per heavy atom. The van der Waals surface area contributed by atoms with Crippen molar-refractivity contribution in [3.63, 3.8) is 0 Å². The van der Waals surface area contributed by atoms with Crippen LogP contribution in [0.3, 0.4) is 0 Å². The zero-order valence-corrected chi connectivity index (χ0v) is 14.1. The lowest BCUT2D eigenvalue weighted by atomic mass is 10.1. The molecule has 0 saturated carbocycles. The minimum atomic E-state index is -0.515. The molecule has 4 nitrogen and oxygen atoms in total. The second-order valence-corrected chi connectivity index (χ2v) is 6.22. The summed E-state index contributed by atoms with van der Waals surface area (Å²) in [4.78, 5) is 23.5. The molecular weight excluding hydrogens is 347 g/mol. The Balaban J connectivity index is 1.65. The molecule has 0 amide bonds. The number of rotatable bonds is 6. The smallest absolute Gasteiger partial charge is 0.253 e. The van der Waals surface area contributed by atoms with Gasteiger partial charge in [0.15, 0.2) is 0 Å². The Labute approximate surface area is 148 Å². The van der Waals surface area contributed by atoms with Crippen LogP contribution in [-0.2, 0) is 6.42 Å². The van der Waals surface area contributed by atoms with Crippen LogP contribution in [0.15, 0.2) is 58.1 Å². The summed E-state index contributed by atoms with van der Waals surface area (Å²) >= 11 is 11.7. The van der Waals surface area contributed by atoms with Crippen LogP contribution in [0.1, 0.15) is 5.56 Å². The molecule has 0 spiro atoms. The van der Waals surface area contributed by atoms with Gasteiger partial charge in [0, 0.05) is 22.3 Å². The second kappa shape index (κ2) is 7.07. The van der Waals surface area contributed by atoms with Crippen LogP contribution >= 0.6 is 23.2 Å². The molecule has 24 heavy (non-hydrogen) atoms. The van der Waals surface area contributed by atoms with Gasteiger partial charge in [-0.25, -0.2) is 0 Å². The maximum Gasteiger partial charge on any atom is 0.253 e. The van der Waals surface area contributed by atoms with Crippen LogP contribution in [-0.4, -0.2) is 6.54 Å². The van der Waals surface area contributed by atoms with Crippen molar-refractivity contribution in [1.82, 2.24) is 0 Å². The monoisotopic (exact) mass is 360 g/mol. The molecule has 0 heterocycles. The lowest BCUT2D eigenvalue weighted by Crippen LogP contribution is -2.37. The summed E-state index contributed by atoms with van der Waals surface area (Å²) in [6, 6.07) is 14.4. The van der Waals surface area contributed by atoms with E-state index in [2.05, 4.69) is 10.6 Å². The minimum absolute atomic E-state index is 0.290. The molecule has 0 bridgehead atoms. The Morgan fingerprint density at radius 3 is 1.92 bits per heavy atom. The molecule has 122 valence electrons. The van der Waals surface area contributed by atoms with E-state index >= 15 is 0 Å². The number of benzene rings is 2. The van der Waals surface area contributed by atoms with Crippen LogP contribution < -0.4 is 21.5 Å². The van der Waals surface area contributed by atoms with Crippen molar-refractivity contribution in [2.45, 2.75) is 6.42 Å². The number of hydrogen-bond acceptors (Lipinski definition) is 4. The number of anilines is 3. The van der Waals surface area contributed by atoms with Gasteiger partial charge in [-0.3, -0.25) is 9.59 Å². The third kappa shape index (κ3) is 3.61. The standard InChI is InChI=1S/C18H14Cl2N2O2/c19-12-3-1-11(2-4-12)9-10-21-15-16(18(24)17(15)23)22-14-7-5-13(20)6-8-14/h1-8,21-22H,9-10H2. The van der Waals surface area contributed by atoms with Gasteiger partial charge < -0.3 is 10.6 Å². The van der Waals surface area contributed by atoms with Crippen molar-refractivity contribution < 1.29 is 0 Å². The average molecular weight is 361 g/mol. The molecule has 3 aromatic rings. The molecule has 6 heteroatoms. The van der Waals surface area contributed by atoms with Crippen molar-refractivity contribution in [3.05, 3.63) is 84.6 Å². The van der Waals surface area contributed by atoms with E-state index in [-0.39, 0.29) is 0 Å². The summed E-state index contributed by atoms with van der Waals surface area (Å²) in [5.41, 5.74) is 1.40. The molecule has 0 atom stereocenters. The van der Waals surface area contributed by atoms with E-state index in [4.69, 9.17) is 23.2 Å². The molecule has 0 saturated heterocycles. The van der Waals surface area contributed by atoms with Crippen LogP contribution in [0.4, 0.5) is 17.1 Å². The SMILES string of the molecule is O=c1c(NCCc2ccc(Cl)cc2)c(Nc2ccc(Cl)cc2)c1=O. The van der Waals surface area contributed by atoms with E-state index in [1.54, 1.807) is 24.3 Å².